The van der Waals surface area contributed by atoms with Crippen LogP contribution in [0.2, 0.25) is 0 Å². The number of hydrogen-bond donors (Lipinski definition) is 2. The summed E-state index contributed by atoms with van der Waals surface area (Å²) in [6.07, 6.45) is 10.7. The number of anilines is 1. The van der Waals surface area contributed by atoms with Crippen LogP contribution in [0, 0.1) is 25.7 Å². The molecule has 0 spiro atoms. The Morgan fingerprint density at radius 2 is 1.14 bits per heavy atom. The van der Waals surface area contributed by atoms with Crippen LogP contribution < -0.4 is 20.1 Å². The summed E-state index contributed by atoms with van der Waals surface area (Å²) >= 11 is 0. The molecule has 0 saturated heterocycles. The molecule has 2 fully saturated rings. The zero-order valence-electron chi connectivity index (χ0n) is 37.6. The maximum atomic E-state index is 13.5. The third-order valence-corrected chi connectivity index (χ3v) is 13.5. The van der Waals surface area contributed by atoms with Crippen LogP contribution in [0.1, 0.15) is 127 Å². The first-order valence-corrected chi connectivity index (χ1v) is 23.6. The van der Waals surface area contributed by atoms with Crippen LogP contribution in [-0.4, -0.2) is 18.4 Å². The van der Waals surface area contributed by atoms with E-state index >= 15 is 0 Å². The molecule has 0 aliphatic heterocycles. The standard InChI is InChI=1S/C56H60N2O7/c1-37-47-33-45(61-35-39-15-7-3-8-16-39)27-29-49(47)63-53(37)52(41-19-11-5-12-20-41)58-44-25-23-43(24-26-44)56(60)57-32-31-51(59)65-55(42-21-13-6-14-22-42)54-38(2)48-34-46(28-30-50(48)64-54)62-36-40-17-9-4-10-18-40/h3-4,7-10,15-18,23-30,33-34,41-42,52,55,58H,5-6,11-14,19-22,31-32,35-36H2,1-2H3,(H,57,60). The zero-order chi connectivity index (χ0) is 44.5. The summed E-state index contributed by atoms with van der Waals surface area (Å²) in [5.74, 6) is 3.17. The van der Waals surface area contributed by atoms with Gasteiger partial charge in [-0.15, -0.1) is 0 Å². The van der Waals surface area contributed by atoms with Gasteiger partial charge in [0.25, 0.3) is 5.91 Å². The van der Waals surface area contributed by atoms with E-state index in [0.717, 1.165) is 106 Å². The van der Waals surface area contributed by atoms with Gasteiger partial charge in [0.1, 0.15) is 47.4 Å². The van der Waals surface area contributed by atoms with E-state index in [1.165, 1.54) is 25.7 Å². The van der Waals surface area contributed by atoms with Gasteiger partial charge in [0.2, 0.25) is 0 Å². The van der Waals surface area contributed by atoms with Crippen molar-refractivity contribution in [2.24, 2.45) is 11.8 Å². The highest BCUT2D eigenvalue weighted by Crippen LogP contribution is 2.43. The van der Waals surface area contributed by atoms with Crippen molar-refractivity contribution in [3.05, 3.63) is 161 Å². The number of esters is 1. The quantitative estimate of drug-likeness (QED) is 0.0870. The summed E-state index contributed by atoms with van der Waals surface area (Å²) in [6, 6.07) is 39.7. The van der Waals surface area contributed by atoms with E-state index < -0.39 is 6.10 Å². The van der Waals surface area contributed by atoms with Crippen LogP contribution in [-0.2, 0) is 22.7 Å². The Kier molecular flexibility index (Phi) is 13.8. The van der Waals surface area contributed by atoms with Gasteiger partial charge in [-0.2, -0.15) is 0 Å². The fraction of sp³-hybridized carbons (Fsp3) is 0.357. The minimum absolute atomic E-state index is 0.0284. The van der Waals surface area contributed by atoms with Gasteiger partial charge in [-0.1, -0.05) is 99.2 Å². The molecule has 2 aliphatic rings. The van der Waals surface area contributed by atoms with Crippen molar-refractivity contribution >= 4 is 39.5 Å². The third-order valence-electron chi connectivity index (χ3n) is 13.5. The monoisotopic (exact) mass is 872 g/mol. The summed E-state index contributed by atoms with van der Waals surface area (Å²) in [7, 11) is 0. The molecule has 9 rings (SSSR count). The lowest BCUT2D eigenvalue weighted by Crippen LogP contribution is -2.28. The lowest BCUT2D eigenvalue weighted by atomic mass is 9.82. The van der Waals surface area contributed by atoms with E-state index in [4.69, 9.17) is 23.0 Å². The molecule has 65 heavy (non-hydrogen) atoms. The van der Waals surface area contributed by atoms with Gasteiger partial charge in [-0.3, -0.25) is 9.59 Å². The van der Waals surface area contributed by atoms with Gasteiger partial charge in [0.05, 0.1) is 12.5 Å². The normalized spacial score (nSPS) is 15.7. The predicted octanol–water partition coefficient (Wildman–Crippen LogP) is 13.7. The third kappa shape index (κ3) is 10.6. The number of nitrogens with one attached hydrogen (secondary N) is 2. The predicted molar refractivity (Wildman–Crippen MR) is 255 cm³/mol. The maximum Gasteiger partial charge on any atom is 0.308 e. The highest BCUT2D eigenvalue weighted by molar-refractivity contribution is 5.94. The summed E-state index contributed by atoms with van der Waals surface area (Å²) < 4.78 is 31.6. The maximum absolute atomic E-state index is 13.5. The summed E-state index contributed by atoms with van der Waals surface area (Å²) in [5, 5.41) is 8.75. The van der Waals surface area contributed by atoms with Crippen molar-refractivity contribution in [1.29, 1.82) is 0 Å². The number of carbonyl (C=O) groups is 2. The molecule has 0 radical (unpaired) electrons. The summed E-state index contributed by atoms with van der Waals surface area (Å²) in [4.78, 5) is 26.9. The van der Waals surface area contributed by atoms with Crippen LogP contribution in [0.15, 0.2) is 130 Å². The smallest absolute Gasteiger partial charge is 0.308 e. The molecule has 0 bridgehead atoms. The number of fused-ring (bicyclic) bond motifs is 2. The average Bonchev–Trinajstić information content (AvgIpc) is 3.86. The van der Waals surface area contributed by atoms with E-state index in [-0.39, 0.29) is 36.8 Å². The Balaban J connectivity index is 0.825. The molecule has 2 aromatic heterocycles. The Morgan fingerprint density at radius 3 is 1.71 bits per heavy atom. The Hall–Kier alpha value is -6.48. The number of aryl methyl sites for hydroxylation is 2. The first-order valence-electron chi connectivity index (χ1n) is 23.6. The van der Waals surface area contributed by atoms with E-state index in [2.05, 4.69) is 35.8 Å². The Labute approximate surface area is 381 Å². The number of ether oxygens (including phenoxy) is 3. The molecule has 7 aromatic rings. The lowest BCUT2D eigenvalue weighted by molar-refractivity contribution is -0.154. The molecule has 9 heteroatoms. The number of hydrogen-bond acceptors (Lipinski definition) is 8. The van der Waals surface area contributed by atoms with Gasteiger partial charge in [0, 0.05) is 45.6 Å². The second-order valence-corrected chi connectivity index (χ2v) is 18.0. The molecule has 336 valence electrons. The molecular formula is C56H60N2O7. The SMILES string of the molecule is Cc1c(C(Nc2ccc(C(=O)NCCC(=O)OC(c3oc4ccc(OCc5ccccc5)cc4c3C)C3CCCCC3)cc2)C2CCCCC2)oc2ccc(OCc3ccccc3)cc12. The van der Waals surface area contributed by atoms with Gasteiger partial charge in [-0.05, 0) is 117 Å². The molecule has 2 saturated carbocycles. The number of carbonyl (C=O) groups excluding carboxylic acids is 2. The highest BCUT2D eigenvalue weighted by atomic mass is 16.6. The fourth-order valence-corrected chi connectivity index (χ4v) is 9.81. The average molecular weight is 873 g/mol. The van der Waals surface area contributed by atoms with Crippen molar-refractivity contribution in [2.45, 2.75) is 110 Å². The van der Waals surface area contributed by atoms with Crippen LogP contribution in [0.3, 0.4) is 0 Å². The summed E-state index contributed by atoms with van der Waals surface area (Å²) in [6.45, 7) is 5.30. The van der Waals surface area contributed by atoms with Crippen LogP contribution in [0.25, 0.3) is 21.9 Å². The van der Waals surface area contributed by atoms with Gasteiger partial charge in [-0.25, -0.2) is 0 Å². The molecular weight excluding hydrogens is 813 g/mol. The van der Waals surface area contributed by atoms with Crippen LogP contribution in [0.4, 0.5) is 5.69 Å². The molecule has 2 N–H and O–H groups in total. The largest absolute Gasteiger partial charge is 0.489 e. The van der Waals surface area contributed by atoms with Gasteiger partial charge < -0.3 is 33.7 Å². The van der Waals surface area contributed by atoms with E-state index in [9.17, 15) is 9.59 Å². The number of benzene rings is 5. The second kappa shape index (κ2) is 20.6. The minimum atomic E-state index is -0.503. The first kappa shape index (κ1) is 43.8. The molecule has 1 amide bonds. The zero-order valence-corrected chi connectivity index (χ0v) is 37.6. The van der Waals surface area contributed by atoms with E-state index in [1.807, 2.05) is 110 Å². The van der Waals surface area contributed by atoms with Crippen molar-refractivity contribution in [1.82, 2.24) is 5.32 Å². The van der Waals surface area contributed by atoms with Crippen molar-refractivity contribution in [3.63, 3.8) is 0 Å². The van der Waals surface area contributed by atoms with E-state index in [1.54, 1.807) is 0 Å². The topological polar surface area (TPSA) is 112 Å². The fourth-order valence-electron chi connectivity index (χ4n) is 9.81. The molecule has 2 aliphatic carbocycles. The van der Waals surface area contributed by atoms with Gasteiger partial charge >= 0.3 is 5.97 Å². The minimum Gasteiger partial charge on any atom is -0.489 e. The van der Waals surface area contributed by atoms with Crippen molar-refractivity contribution in [3.8, 4) is 11.5 Å². The number of amides is 1. The van der Waals surface area contributed by atoms with Crippen LogP contribution in [0.5, 0.6) is 11.5 Å². The van der Waals surface area contributed by atoms with Crippen LogP contribution >= 0.6 is 0 Å². The van der Waals surface area contributed by atoms with E-state index in [0.29, 0.717) is 30.5 Å². The molecule has 5 aromatic carbocycles. The highest BCUT2D eigenvalue weighted by Gasteiger charge is 2.34. The first-order chi connectivity index (χ1) is 31.9. The Bertz CT molecular complexity index is 2670. The molecule has 9 nitrogen and oxygen atoms in total. The molecule has 2 atom stereocenters. The van der Waals surface area contributed by atoms with Crippen molar-refractivity contribution < 1.29 is 32.6 Å². The number of rotatable bonds is 17. The van der Waals surface area contributed by atoms with Gasteiger partial charge in [0.15, 0.2) is 6.10 Å². The number of furan rings is 2. The summed E-state index contributed by atoms with van der Waals surface area (Å²) in [5.41, 5.74) is 7.30. The van der Waals surface area contributed by atoms with Crippen molar-refractivity contribution in [2.75, 3.05) is 11.9 Å². The second-order valence-electron chi connectivity index (χ2n) is 18.0. The molecule has 2 unspecified atom stereocenters. The molecule has 2 heterocycles. The lowest BCUT2D eigenvalue weighted by Gasteiger charge is -2.31. The Morgan fingerprint density at radius 1 is 0.615 bits per heavy atom.